The van der Waals surface area contributed by atoms with E-state index in [0.29, 0.717) is 0 Å². The van der Waals surface area contributed by atoms with Gasteiger partial charge in [0.15, 0.2) is 0 Å². The molecule has 0 aromatic carbocycles. The van der Waals surface area contributed by atoms with Crippen molar-refractivity contribution < 1.29 is 0 Å². The van der Waals surface area contributed by atoms with Crippen molar-refractivity contribution >= 4 is 6.21 Å². The third-order valence-electron chi connectivity index (χ3n) is 1.91. The van der Waals surface area contributed by atoms with E-state index in [-0.39, 0.29) is 0 Å². The molecule has 2 nitrogen and oxygen atoms in total. The van der Waals surface area contributed by atoms with Gasteiger partial charge in [0, 0.05) is 19.3 Å². The summed E-state index contributed by atoms with van der Waals surface area (Å²) in [7, 11) is 2.10. The Labute approximate surface area is 88.0 Å². The van der Waals surface area contributed by atoms with E-state index in [1.165, 1.54) is 11.3 Å². The van der Waals surface area contributed by atoms with Gasteiger partial charge in [-0.2, -0.15) is 0 Å². The van der Waals surface area contributed by atoms with E-state index in [9.17, 15) is 0 Å². The lowest BCUT2D eigenvalue weighted by Crippen LogP contribution is -2.14. The molecule has 1 heterocycles. The number of hydrogen-bond acceptors (Lipinski definition) is 2. The maximum atomic E-state index is 4.39. The lowest BCUT2D eigenvalue weighted by molar-refractivity contribution is 0.425. The van der Waals surface area contributed by atoms with Gasteiger partial charge in [0.05, 0.1) is 5.70 Å². The molecule has 0 amide bonds. The molecule has 0 N–H and O–H groups in total. The highest BCUT2D eigenvalue weighted by Crippen LogP contribution is 2.17. The summed E-state index contributed by atoms with van der Waals surface area (Å²) in [6, 6.07) is 0. The second-order valence-electron chi connectivity index (χ2n) is 3.07. The van der Waals surface area contributed by atoms with Gasteiger partial charge in [-0.3, -0.25) is 9.89 Å². The summed E-state index contributed by atoms with van der Waals surface area (Å²) < 4.78 is 0. The monoisotopic (exact) mass is 194 g/mol. The molecule has 0 unspecified atom stereocenters. The lowest BCUT2D eigenvalue weighted by atomic mass is 10.2. The maximum Gasteiger partial charge on any atom is 0.0584 e. The first-order chi connectivity index (χ1) is 6.77. The molecule has 0 saturated carbocycles. The summed E-state index contributed by atoms with van der Waals surface area (Å²) >= 11 is 0. The zero-order valence-corrected chi connectivity index (χ0v) is 9.88. The number of likely N-dealkylation sites (N-methyl/N-ethyl adjacent to an activating group) is 1. The summed E-state index contributed by atoms with van der Waals surface area (Å²) in [4.78, 5) is 6.62. The highest BCUT2D eigenvalue weighted by Gasteiger charge is 2.14. The first-order valence-corrected chi connectivity index (χ1v) is 5.33. The van der Waals surface area contributed by atoms with Crippen LogP contribution >= 0.6 is 0 Å². The molecule has 0 aromatic rings. The van der Waals surface area contributed by atoms with Crippen molar-refractivity contribution in [1.29, 1.82) is 0 Å². The normalized spacial score (nSPS) is 17.1. The van der Waals surface area contributed by atoms with Gasteiger partial charge in [0.25, 0.3) is 0 Å². The molecule has 0 aromatic heterocycles. The predicted octanol–water partition coefficient (Wildman–Crippen LogP) is 2.88. The van der Waals surface area contributed by atoms with Crippen LogP contribution in [0.25, 0.3) is 0 Å². The largest absolute Gasteiger partial charge is 0.296 e. The van der Waals surface area contributed by atoms with E-state index in [4.69, 9.17) is 0 Å². The van der Waals surface area contributed by atoms with E-state index in [1.807, 2.05) is 26.1 Å². The van der Waals surface area contributed by atoms with Gasteiger partial charge in [-0.1, -0.05) is 33.4 Å². The van der Waals surface area contributed by atoms with Gasteiger partial charge < -0.3 is 0 Å². The number of aliphatic imine (C=N–C) groups is 1. The molecule has 80 valence electrons. The molecule has 0 fully saturated rings. The van der Waals surface area contributed by atoms with E-state index in [1.54, 1.807) is 0 Å². The molecule has 0 radical (unpaired) electrons. The Morgan fingerprint density at radius 1 is 1.43 bits per heavy atom. The minimum atomic E-state index is 0.956. The Morgan fingerprint density at radius 2 is 2.07 bits per heavy atom. The van der Waals surface area contributed by atoms with E-state index >= 15 is 0 Å². The second kappa shape index (κ2) is 7.51. The van der Waals surface area contributed by atoms with E-state index in [0.717, 1.165) is 19.5 Å². The topological polar surface area (TPSA) is 15.6 Å². The fourth-order valence-electron chi connectivity index (χ4n) is 1.30. The van der Waals surface area contributed by atoms with Crippen LogP contribution in [0.1, 0.15) is 27.2 Å². The van der Waals surface area contributed by atoms with Crippen LogP contribution in [0, 0.1) is 0 Å². The van der Waals surface area contributed by atoms with Crippen LogP contribution in [0.15, 0.2) is 28.9 Å². The Balaban J connectivity index is 0.000000791. The van der Waals surface area contributed by atoms with Crippen molar-refractivity contribution in [3.63, 3.8) is 0 Å². The van der Waals surface area contributed by atoms with E-state index < -0.39 is 0 Å². The molecule has 0 saturated heterocycles. The van der Waals surface area contributed by atoms with Crippen LogP contribution in [-0.2, 0) is 0 Å². The second-order valence-corrected chi connectivity index (χ2v) is 3.07. The fourth-order valence-corrected chi connectivity index (χ4v) is 1.30. The van der Waals surface area contributed by atoms with Crippen molar-refractivity contribution in [3.05, 3.63) is 23.9 Å². The average molecular weight is 194 g/mol. The minimum Gasteiger partial charge on any atom is -0.296 e. The molecule has 14 heavy (non-hydrogen) atoms. The smallest absolute Gasteiger partial charge is 0.0584 e. The third-order valence-corrected chi connectivity index (χ3v) is 1.91. The Kier molecular flexibility index (Phi) is 7.03. The molecule has 1 rings (SSSR count). The molecule has 1 aliphatic heterocycles. The maximum absolute atomic E-state index is 4.39. The van der Waals surface area contributed by atoms with Crippen molar-refractivity contribution in [2.45, 2.75) is 27.2 Å². The van der Waals surface area contributed by atoms with Gasteiger partial charge >= 0.3 is 0 Å². The van der Waals surface area contributed by atoms with Crippen molar-refractivity contribution in [3.8, 4) is 0 Å². The molecule has 1 aliphatic rings. The van der Waals surface area contributed by atoms with Crippen LogP contribution in [-0.4, -0.2) is 31.3 Å². The van der Waals surface area contributed by atoms with Gasteiger partial charge in [-0.15, -0.1) is 0 Å². The van der Waals surface area contributed by atoms with Gasteiger partial charge in [-0.25, -0.2) is 0 Å². The van der Waals surface area contributed by atoms with Crippen molar-refractivity contribution in [1.82, 2.24) is 4.90 Å². The summed E-state index contributed by atoms with van der Waals surface area (Å²) in [6.07, 6.45) is 4.86. The van der Waals surface area contributed by atoms with Gasteiger partial charge in [0.2, 0.25) is 0 Å². The number of hydrogen-bond donors (Lipinski definition) is 0. The first-order valence-electron chi connectivity index (χ1n) is 5.33. The number of rotatable bonds is 3. The highest BCUT2D eigenvalue weighted by molar-refractivity contribution is 5.59. The van der Waals surface area contributed by atoms with Crippen LogP contribution in [0.5, 0.6) is 0 Å². The molecule has 0 atom stereocenters. The zero-order valence-electron chi connectivity index (χ0n) is 9.88. The molecular formula is C12H22N2. The summed E-state index contributed by atoms with van der Waals surface area (Å²) in [5.41, 5.74) is 2.44. The summed E-state index contributed by atoms with van der Waals surface area (Å²) in [5.74, 6) is 0. The minimum absolute atomic E-state index is 0.956. The van der Waals surface area contributed by atoms with Crippen LogP contribution in [0.2, 0.25) is 0 Å². The number of nitrogens with zero attached hydrogens (tertiary/aromatic N) is 2. The van der Waals surface area contributed by atoms with Crippen LogP contribution in [0.4, 0.5) is 0 Å². The van der Waals surface area contributed by atoms with Crippen molar-refractivity contribution in [2.75, 3.05) is 20.1 Å². The van der Waals surface area contributed by atoms with Crippen LogP contribution < -0.4 is 0 Å². The SMILES string of the molecule is C=CC1=C(N=CCC)CN(C)C1.CC. The fraction of sp³-hybridized carbons (Fsp3) is 0.583. The third kappa shape index (κ3) is 3.88. The predicted molar refractivity (Wildman–Crippen MR) is 64.9 cm³/mol. The lowest BCUT2D eigenvalue weighted by Gasteiger charge is -2.04. The quantitative estimate of drug-likeness (QED) is 0.631. The highest BCUT2D eigenvalue weighted by atomic mass is 15.1. The molecule has 2 heteroatoms. The molecule has 0 aliphatic carbocycles. The summed E-state index contributed by atoms with van der Waals surface area (Å²) in [5, 5.41) is 0. The Hall–Kier alpha value is -0.890. The van der Waals surface area contributed by atoms with Gasteiger partial charge in [0.1, 0.15) is 0 Å². The summed E-state index contributed by atoms with van der Waals surface area (Å²) in [6.45, 7) is 11.8. The molecular weight excluding hydrogens is 172 g/mol. The Bertz CT molecular complexity index is 226. The van der Waals surface area contributed by atoms with Crippen molar-refractivity contribution in [2.24, 2.45) is 4.99 Å². The van der Waals surface area contributed by atoms with E-state index in [2.05, 4.69) is 30.4 Å². The van der Waals surface area contributed by atoms with Crippen LogP contribution in [0.3, 0.4) is 0 Å². The zero-order chi connectivity index (χ0) is 11.0. The molecule has 0 spiro atoms. The molecule has 0 bridgehead atoms. The average Bonchev–Trinajstić information content (AvgIpc) is 2.59. The Morgan fingerprint density at radius 3 is 2.57 bits per heavy atom. The van der Waals surface area contributed by atoms with Gasteiger partial charge in [-0.05, 0) is 19.0 Å². The first kappa shape index (κ1) is 13.1. The standard InChI is InChI=1S/C10H16N2.C2H6/c1-4-6-11-10-8-12(3)7-9(10)5-2;1-2/h5-6H,2,4,7-8H2,1,3H3;1-2H3.